The molecule has 81 valence electrons. The molecule has 1 radical (unpaired) electrons. The minimum atomic E-state index is 0. The minimum Gasteiger partial charge on any atom is -0.305 e. The third kappa shape index (κ3) is 1.62. The van der Waals surface area contributed by atoms with E-state index >= 15 is 0 Å². The maximum absolute atomic E-state index is 11.8. The number of rotatable bonds is 0. The summed E-state index contributed by atoms with van der Waals surface area (Å²) in [5.74, 6) is 0.155. The number of aromatic nitrogens is 1. The van der Waals surface area contributed by atoms with Crippen molar-refractivity contribution in [2.45, 2.75) is 6.42 Å². The number of pyridine rings is 1. The molecule has 2 nitrogen and oxygen atoms in total. The molecule has 0 N–H and O–H groups in total. The monoisotopic (exact) mass is 387 g/mol. The number of hydrogen-bond acceptors (Lipinski definition) is 2. The Morgan fingerprint density at radius 1 is 1.25 bits per heavy atom. The van der Waals surface area contributed by atoms with Gasteiger partial charge >= 0.3 is 0 Å². The Labute approximate surface area is 107 Å². The van der Waals surface area contributed by atoms with Crippen molar-refractivity contribution in [3.8, 4) is 11.3 Å². The molecule has 3 heteroatoms. The summed E-state index contributed by atoms with van der Waals surface area (Å²) < 4.78 is 0. The summed E-state index contributed by atoms with van der Waals surface area (Å²) in [6.45, 7) is 0. The first-order chi connectivity index (χ1) is 7.36. The molecule has 0 bridgehead atoms. The molecule has 0 atom stereocenters. The second kappa shape index (κ2) is 4.28. The molecule has 0 saturated heterocycles. The summed E-state index contributed by atoms with van der Waals surface area (Å²) in [5.41, 5.74) is 3.47. The molecule has 2 aromatic rings. The van der Waals surface area contributed by atoms with Gasteiger partial charge in [0.2, 0.25) is 0 Å². The maximum atomic E-state index is 11.8. The first kappa shape index (κ1) is 11.2. The first-order valence-electron chi connectivity index (χ1n) is 4.84. The zero-order valence-corrected chi connectivity index (χ0v) is 10.8. The quantitative estimate of drug-likeness (QED) is 0.651. The number of benzene rings is 1. The van der Waals surface area contributed by atoms with Crippen molar-refractivity contribution in [1.82, 2.24) is 4.98 Å². The van der Waals surface area contributed by atoms with E-state index in [1.54, 1.807) is 6.20 Å². The standard InChI is InChI=1S/C13H8NO.Ir/c15-12-8-9-4-3-7-14-13(9)11-6-2-1-5-10(11)12;/h1-5,7H,8H2;/q-1;. The third-order valence-electron chi connectivity index (χ3n) is 2.64. The summed E-state index contributed by atoms with van der Waals surface area (Å²) in [6.07, 6.45) is 2.20. The van der Waals surface area contributed by atoms with Gasteiger partial charge < -0.3 is 9.78 Å². The number of hydrogen-bond donors (Lipinski definition) is 0. The smallest absolute Gasteiger partial charge is 0.125 e. The number of Topliss-reactive ketones (excluding diaryl/α,β-unsaturated/α-hetero) is 1. The van der Waals surface area contributed by atoms with Crippen molar-refractivity contribution in [2.24, 2.45) is 0 Å². The number of nitrogens with zero attached hydrogens (tertiary/aromatic N) is 1. The molecule has 0 amide bonds. The summed E-state index contributed by atoms with van der Waals surface area (Å²) in [7, 11) is 0. The second-order valence-corrected chi connectivity index (χ2v) is 3.57. The van der Waals surface area contributed by atoms with Crippen LogP contribution in [0.1, 0.15) is 15.9 Å². The van der Waals surface area contributed by atoms with Crippen LogP contribution in [0, 0.1) is 6.07 Å². The molecular weight excluding hydrogens is 378 g/mol. The molecule has 1 aromatic carbocycles. The van der Waals surface area contributed by atoms with E-state index in [1.165, 1.54) is 0 Å². The van der Waals surface area contributed by atoms with E-state index < -0.39 is 0 Å². The normalized spacial score (nSPS) is 12.4. The van der Waals surface area contributed by atoms with Crippen molar-refractivity contribution in [3.05, 3.63) is 53.7 Å². The summed E-state index contributed by atoms with van der Waals surface area (Å²) in [4.78, 5) is 16.1. The van der Waals surface area contributed by atoms with Crippen LogP contribution >= 0.6 is 0 Å². The number of carbonyl (C=O) groups excluding carboxylic acids is 1. The van der Waals surface area contributed by atoms with E-state index in [2.05, 4.69) is 11.1 Å². The van der Waals surface area contributed by atoms with E-state index in [0.717, 1.165) is 22.4 Å². The van der Waals surface area contributed by atoms with Gasteiger partial charge in [-0.05, 0) is 11.8 Å². The van der Waals surface area contributed by atoms with Crippen LogP contribution < -0.4 is 0 Å². The van der Waals surface area contributed by atoms with Crippen molar-refractivity contribution >= 4 is 5.78 Å². The largest absolute Gasteiger partial charge is 0.305 e. The van der Waals surface area contributed by atoms with E-state index in [-0.39, 0.29) is 25.9 Å². The van der Waals surface area contributed by atoms with Gasteiger partial charge in [-0.15, -0.1) is 29.8 Å². The molecule has 1 aliphatic carbocycles. The third-order valence-corrected chi connectivity index (χ3v) is 2.64. The van der Waals surface area contributed by atoms with Crippen molar-refractivity contribution < 1.29 is 24.9 Å². The summed E-state index contributed by atoms with van der Waals surface area (Å²) in [5, 5.41) is 0. The Morgan fingerprint density at radius 3 is 3.00 bits per heavy atom. The Kier molecular flexibility index (Phi) is 2.99. The fourth-order valence-electron chi connectivity index (χ4n) is 1.94. The van der Waals surface area contributed by atoms with Crippen LogP contribution in [-0.2, 0) is 26.5 Å². The maximum Gasteiger partial charge on any atom is 0.125 e. The fraction of sp³-hybridized carbons (Fsp3) is 0.0769. The van der Waals surface area contributed by atoms with Crippen LogP contribution in [0.5, 0.6) is 0 Å². The summed E-state index contributed by atoms with van der Waals surface area (Å²) in [6, 6.07) is 12.4. The molecule has 1 aromatic heterocycles. The number of fused-ring (bicyclic) bond motifs is 3. The topological polar surface area (TPSA) is 30.0 Å². The summed E-state index contributed by atoms with van der Waals surface area (Å²) >= 11 is 0. The van der Waals surface area contributed by atoms with E-state index in [0.29, 0.717) is 6.42 Å². The second-order valence-electron chi connectivity index (χ2n) is 3.57. The predicted molar refractivity (Wildman–Crippen MR) is 56.5 cm³/mol. The van der Waals surface area contributed by atoms with Crippen LogP contribution in [0.3, 0.4) is 0 Å². The van der Waals surface area contributed by atoms with Crippen LogP contribution in [0.4, 0.5) is 0 Å². The van der Waals surface area contributed by atoms with Gasteiger partial charge in [0.1, 0.15) is 5.78 Å². The Balaban J connectivity index is 0.000000963. The number of ketones is 1. The van der Waals surface area contributed by atoms with Gasteiger partial charge in [0.15, 0.2) is 0 Å². The van der Waals surface area contributed by atoms with Crippen molar-refractivity contribution in [1.29, 1.82) is 0 Å². The number of carbonyl (C=O) groups is 1. The molecule has 0 spiro atoms. The van der Waals surface area contributed by atoms with Gasteiger partial charge in [-0.1, -0.05) is 17.2 Å². The van der Waals surface area contributed by atoms with Crippen LogP contribution in [0.25, 0.3) is 11.3 Å². The van der Waals surface area contributed by atoms with E-state index in [4.69, 9.17) is 0 Å². The van der Waals surface area contributed by atoms with Gasteiger partial charge in [-0.2, -0.15) is 0 Å². The van der Waals surface area contributed by atoms with Crippen molar-refractivity contribution in [2.75, 3.05) is 0 Å². The molecule has 1 heterocycles. The van der Waals surface area contributed by atoms with Gasteiger partial charge in [0, 0.05) is 32.7 Å². The molecule has 0 unspecified atom stereocenters. The Hall–Kier alpha value is -1.31. The average molecular weight is 386 g/mol. The van der Waals surface area contributed by atoms with E-state index in [9.17, 15) is 4.79 Å². The predicted octanol–water partition coefficient (Wildman–Crippen LogP) is 2.29. The zero-order valence-electron chi connectivity index (χ0n) is 8.36. The molecular formula is C13H8IrNO-. The van der Waals surface area contributed by atoms with Gasteiger partial charge in [-0.25, -0.2) is 0 Å². The Morgan fingerprint density at radius 2 is 2.12 bits per heavy atom. The van der Waals surface area contributed by atoms with Crippen molar-refractivity contribution in [3.63, 3.8) is 0 Å². The molecule has 3 rings (SSSR count). The van der Waals surface area contributed by atoms with Gasteiger partial charge in [0.05, 0.1) is 0 Å². The fourth-order valence-corrected chi connectivity index (χ4v) is 1.94. The van der Waals surface area contributed by atoms with Gasteiger partial charge in [-0.3, -0.25) is 0 Å². The molecule has 0 fully saturated rings. The molecule has 16 heavy (non-hydrogen) atoms. The first-order valence-corrected chi connectivity index (χ1v) is 4.84. The SMILES string of the molecule is O=C1Cc2cccnc2-c2[c-]cccc21.[Ir]. The van der Waals surface area contributed by atoms with Gasteiger partial charge in [0.25, 0.3) is 0 Å². The van der Waals surface area contributed by atoms with E-state index in [1.807, 2.05) is 30.3 Å². The zero-order chi connectivity index (χ0) is 10.3. The molecule has 1 aliphatic rings. The minimum absolute atomic E-state index is 0. The van der Waals surface area contributed by atoms with Crippen LogP contribution in [-0.4, -0.2) is 10.8 Å². The Bertz CT molecular complexity index is 551. The molecule has 0 aliphatic heterocycles. The molecule has 0 saturated carbocycles. The van der Waals surface area contributed by atoms with Crippen LogP contribution in [0.2, 0.25) is 0 Å². The van der Waals surface area contributed by atoms with Crippen LogP contribution in [0.15, 0.2) is 36.5 Å². The average Bonchev–Trinajstić information content (AvgIpc) is 2.30.